The summed E-state index contributed by atoms with van der Waals surface area (Å²) in [5, 5.41) is 8.65. The van der Waals surface area contributed by atoms with Gasteiger partial charge in [0, 0.05) is 6.42 Å². The Morgan fingerprint density at radius 2 is 1.47 bits per heavy atom. The minimum absolute atomic E-state index is 0.251. The molecule has 0 aromatic heterocycles. The van der Waals surface area contributed by atoms with Crippen LogP contribution in [0.15, 0.2) is 0 Å². The minimum atomic E-state index is -1.25. The lowest BCUT2D eigenvalue weighted by atomic mass is 9.48. The second kappa shape index (κ2) is 3.82. The van der Waals surface area contributed by atoms with Crippen LogP contribution < -0.4 is 0 Å². The van der Waals surface area contributed by atoms with Gasteiger partial charge in [-0.25, -0.2) is 4.79 Å². The van der Waals surface area contributed by atoms with Gasteiger partial charge in [-0.05, 0) is 68.1 Å². The van der Waals surface area contributed by atoms with Gasteiger partial charge in [-0.2, -0.15) is 0 Å². The zero-order valence-electron chi connectivity index (χ0n) is 10.2. The Kier molecular flexibility index (Phi) is 2.53. The first kappa shape index (κ1) is 11.2. The van der Waals surface area contributed by atoms with Crippen LogP contribution in [0, 0.1) is 23.2 Å². The molecule has 0 atom stereocenters. The first-order valence-corrected chi connectivity index (χ1v) is 6.82. The summed E-state index contributed by atoms with van der Waals surface area (Å²) in [5.41, 5.74) is 0.333. The van der Waals surface area contributed by atoms with Crippen LogP contribution in [-0.2, 0) is 9.59 Å². The lowest BCUT2D eigenvalue weighted by Crippen LogP contribution is -2.46. The van der Waals surface area contributed by atoms with Gasteiger partial charge in [-0.15, -0.1) is 0 Å². The van der Waals surface area contributed by atoms with Gasteiger partial charge in [0.25, 0.3) is 0 Å². The maximum Gasteiger partial charge on any atom is 0.372 e. The Morgan fingerprint density at radius 1 is 1.00 bits per heavy atom. The number of Topliss-reactive ketones (excluding diaryl/α,β-unsaturated/α-hetero) is 1. The van der Waals surface area contributed by atoms with Crippen molar-refractivity contribution in [3.8, 4) is 0 Å². The highest BCUT2D eigenvalue weighted by atomic mass is 16.4. The molecule has 0 spiro atoms. The molecule has 0 saturated heterocycles. The third kappa shape index (κ3) is 2.00. The molecular formula is C14H20O3. The van der Waals surface area contributed by atoms with Gasteiger partial charge in [0.1, 0.15) is 0 Å². The van der Waals surface area contributed by atoms with E-state index in [1.54, 1.807) is 0 Å². The normalized spacial score (nSPS) is 42.7. The van der Waals surface area contributed by atoms with Gasteiger partial charge in [-0.1, -0.05) is 0 Å². The Bertz CT molecular complexity index is 323. The molecule has 0 heterocycles. The molecule has 1 N–H and O–H groups in total. The molecule has 0 amide bonds. The van der Waals surface area contributed by atoms with Gasteiger partial charge in [0.15, 0.2) is 0 Å². The van der Waals surface area contributed by atoms with Gasteiger partial charge < -0.3 is 5.11 Å². The van der Waals surface area contributed by atoms with E-state index in [1.807, 2.05) is 0 Å². The molecule has 0 aromatic rings. The van der Waals surface area contributed by atoms with Crippen molar-refractivity contribution in [3.05, 3.63) is 0 Å². The number of carboxylic acid groups (broad SMARTS) is 1. The number of aliphatic carboxylic acids is 1. The van der Waals surface area contributed by atoms with Gasteiger partial charge in [0.2, 0.25) is 5.78 Å². The van der Waals surface area contributed by atoms with Crippen LogP contribution >= 0.6 is 0 Å². The van der Waals surface area contributed by atoms with Crippen molar-refractivity contribution < 1.29 is 14.7 Å². The number of carboxylic acids is 1. The smallest absolute Gasteiger partial charge is 0.372 e. The first-order valence-electron chi connectivity index (χ1n) is 6.82. The topological polar surface area (TPSA) is 54.4 Å². The van der Waals surface area contributed by atoms with Gasteiger partial charge in [-0.3, -0.25) is 4.79 Å². The fraction of sp³-hybridized carbons (Fsp3) is 0.857. The summed E-state index contributed by atoms with van der Waals surface area (Å²) in [6.07, 6.45) is 9.03. The Balaban J connectivity index is 1.66. The average Bonchev–Trinajstić information content (AvgIpc) is 2.24. The van der Waals surface area contributed by atoms with E-state index in [0.29, 0.717) is 5.41 Å². The maximum atomic E-state index is 11.2. The van der Waals surface area contributed by atoms with Gasteiger partial charge in [0.05, 0.1) is 0 Å². The fourth-order valence-electron chi connectivity index (χ4n) is 5.08. The second-order valence-electron chi connectivity index (χ2n) is 6.65. The molecule has 4 bridgehead atoms. The number of rotatable bonds is 4. The number of hydrogen-bond acceptors (Lipinski definition) is 2. The zero-order valence-corrected chi connectivity index (χ0v) is 10.2. The molecule has 4 rings (SSSR count). The number of ketones is 1. The highest BCUT2D eigenvalue weighted by Crippen LogP contribution is 2.61. The predicted octanol–water partition coefficient (Wildman–Crippen LogP) is 2.64. The molecule has 4 aliphatic carbocycles. The second-order valence-corrected chi connectivity index (χ2v) is 6.65. The monoisotopic (exact) mass is 236 g/mol. The van der Waals surface area contributed by atoms with E-state index in [1.165, 1.54) is 38.5 Å². The summed E-state index contributed by atoms with van der Waals surface area (Å²) in [6, 6.07) is 0. The minimum Gasteiger partial charge on any atom is -0.476 e. The summed E-state index contributed by atoms with van der Waals surface area (Å²) < 4.78 is 0. The summed E-state index contributed by atoms with van der Waals surface area (Å²) >= 11 is 0. The van der Waals surface area contributed by atoms with Crippen molar-refractivity contribution in [1.29, 1.82) is 0 Å². The lowest BCUT2D eigenvalue weighted by Gasteiger charge is -2.57. The third-order valence-electron chi connectivity index (χ3n) is 5.29. The summed E-state index contributed by atoms with van der Waals surface area (Å²) in [6.45, 7) is 0. The van der Waals surface area contributed by atoms with Crippen LogP contribution in [0.3, 0.4) is 0 Å². The molecule has 4 aliphatic rings. The van der Waals surface area contributed by atoms with Crippen molar-refractivity contribution in [2.75, 3.05) is 0 Å². The molecule has 3 heteroatoms. The van der Waals surface area contributed by atoms with Crippen molar-refractivity contribution in [3.63, 3.8) is 0 Å². The Labute approximate surface area is 102 Å². The van der Waals surface area contributed by atoms with E-state index in [-0.39, 0.29) is 6.42 Å². The Hall–Kier alpha value is -0.860. The lowest BCUT2D eigenvalue weighted by molar-refractivity contribution is -0.149. The SMILES string of the molecule is O=C(O)C(=O)CCC12CC3CC(CC(C3)C1)C2. The largest absolute Gasteiger partial charge is 0.476 e. The molecule has 3 nitrogen and oxygen atoms in total. The molecule has 0 radical (unpaired) electrons. The van der Waals surface area contributed by atoms with Crippen molar-refractivity contribution in [2.45, 2.75) is 51.4 Å². The molecule has 0 aliphatic heterocycles. The molecule has 0 aromatic carbocycles. The highest BCUT2D eigenvalue weighted by Gasteiger charge is 2.50. The molecular weight excluding hydrogens is 216 g/mol. The van der Waals surface area contributed by atoms with Crippen LogP contribution in [0.2, 0.25) is 0 Å². The van der Waals surface area contributed by atoms with Crippen LogP contribution in [0.4, 0.5) is 0 Å². The molecule has 4 fully saturated rings. The predicted molar refractivity (Wildman–Crippen MR) is 62.5 cm³/mol. The fourth-order valence-corrected chi connectivity index (χ4v) is 5.08. The molecule has 94 valence electrons. The van der Waals surface area contributed by atoms with E-state index in [9.17, 15) is 9.59 Å². The standard InChI is InChI=1S/C14H20O3/c15-12(13(16)17)1-2-14-6-9-3-10(7-14)5-11(4-9)8-14/h9-11H,1-8H2,(H,16,17). The van der Waals surface area contributed by atoms with E-state index >= 15 is 0 Å². The quantitative estimate of drug-likeness (QED) is 0.763. The Morgan fingerprint density at radius 3 is 1.88 bits per heavy atom. The summed E-state index contributed by atoms with van der Waals surface area (Å²) in [7, 11) is 0. The van der Waals surface area contributed by atoms with Crippen LogP contribution in [-0.4, -0.2) is 16.9 Å². The summed E-state index contributed by atoms with van der Waals surface area (Å²) in [4.78, 5) is 21.8. The molecule has 0 unspecified atom stereocenters. The number of hydrogen-bond donors (Lipinski definition) is 1. The average molecular weight is 236 g/mol. The maximum absolute atomic E-state index is 11.2. The van der Waals surface area contributed by atoms with E-state index in [2.05, 4.69) is 0 Å². The van der Waals surface area contributed by atoms with Crippen molar-refractivity contribution >= 4 is 11.8 Å². The first-order chi connectivity index (χ1) is 8.06. The summed E-state index contributed by atoms with van der Waals surface area (Å²) in [5.74, 6) is 0.777. The van der Waals surface area contributed by atoms with Crippen LogP contribution in [0.25, 0.3) is 0 Å². The third-order valence-corrected chi connectivity index (χ3v) is 5.29. The number of carbonyl (C=O) groups is 2. The van der Waals surface area contributed by atoms with Crippen LogP contribution in [0.1, 0.15) is 51.4 Å². The van der Waals surface area contributed by atoms with E-state index in [4.69, 9.17) is 5.11 Å². The van der Waals surface area contributed by atoms with E-state index < -0.39 is 11.8 Å². The number of carbonyl (C=O) groups excluding carboxylic acids is 1. The van der Waals surface area contributed by atoms with Crippen molar-refractivity contribution in [1.82, 2.24) is 0 Å². The zero-order chi connectivity index (χ0) is 12.0. The van der Waals surface area contributed by atoms with Crippen LogP contribution in [0.5, 0.6) is 0 Å². The van der Waals surface area contributed by atoms with Crippen molar-refractivity contribution in [2.24, 2.45) is 23.2 Å². The van der Waals surface area contributed by atoms with Gasteiger partial charge >= 0.3 is 5.97 Å². The molecule has 17 heavy (non-hydrogen) atoms. The highest BCUT2D eigenvalue weighted by molar-refractivity contribution is 6.32. The van der Waals surface area contributed by atoms with E-state index in [0.717, 1.165) is 24.2 Å². The molecule has 4 saturated carbocycles.